The van der Waals surface area contributed by atoms with E-state index in [-0.39, 0.29) is 42.1 Å². The lowest BCUT2D eigenvalue weighted by Crippen LogP contribution is -2.40. The predicted molar refractivity (Wildman–Crippen MR) is 97.2 cm³/mol. The molecule has 1 fully saturated rings. The number of halogens is 5. The van der Waals surface area contributed by atoms with Gasteiger partial charge >= 0.3 is 6.18 Å². The van der Waals surface area contributed by atoms with Crippen molar-refractivity contribution in [3.05, 3.63) is 42.1 Å². The first-order valence-corrected chi connectivity index (χ1v) is 8.87. The second-order valence-electron chi connectivity index (χ2n) is 7.08. The topological polar surface area (TPSA) is 82.4 Å². The van der Waals surface area contributed by atoms with E-state index < -0.39 is 29.5 Å². The van der Waals surface area contributed by atoms with Crippen LogP contribution in [0, 0.1) is 0 Å². The Balaban J connectivity index is 1.80. The Morgan fingerprint density at radius 3 is 2.53 bits per heavy atom. The first-order chi connectivity index (χ1) is 14.1. The van der Waals surface area contributed by atoms with Gasteiger partial charge in [-0.15, -0.1) is 10.2 Å². The lowest BCUT2D eigenvalue weighted by atomic mass is 10.0. The van der Waals surface area contributed by atoms with Gasteiger partial charge in [0.2, 0.25) is 0 Å². The number of fused-ring (bicyclic) bond motifs is 1. The quantitative estimate of drug-likeness (QED) is 0.623. The number of nitrogens with zero attached hydrogens (tertiary/aromatic N) is 4. The molecule has 0 spiro atoms. The van der Waals surface area contributed by atoms with Crippen molar-refractivity contribution in [2.75, 3.05) is 18.0 Å². The highest BCUT2D eigenvalue weighted by molar-refractivity contribution is 5.98. The van der Waals surface area contributed by atoms with Gasteiger partial charge in [0.05, 0.1) is 12.1 Å². The highest BCUT2D eigenvalue weighted by Crippen LogP contribution is 2.39. The van der Waals surface area contributed by atoms with Gasteiger partial charge in [-0.2, -0.15) is 13.2 Å². The molecule has 0 aliphatic carbocycles. The summed E-state index contributed by atoms with van der Waals surface area (Å²) >= 11 is 0. The van der Waals surface area contributed by atoms with Gasteiger partial charge in [-0.05, 0) is 30.3 Å². The summed E-state index contributed by atoms with van der Waals surface area (Å²) in [7, 11) is 0. The van der Waals surface area contributed by atoms with Crippen molar-refractivity contribution in [1.29, 1.82) is 0 Å². The molecule has 0 radical (unpaired) electrons. The summed E-state index contributed by atoms with van der Waals surface area (Å²) in [6.45, 7) is -0.262. The van der Waals surface area contributed by atoms with Gasteiger partial charge in [0, 0.05) is 30.1 Å². The smallest absolute Gasteiger partial charge is 0.416 e. The highest BCUT2D eigenvalue weighted by Gasteiger charge is 2.45. The number of anilines is 1. The molecule has 158 valence electrons. The number of aromatic nitrogens is 3. The summed E-state index contributed by atoms with van der Waals surface area (Å²) in [5.41, 5.74) is -2.81. The molecule has 2 N–H and O–H groups in total. The minimum atomic E-state index is -4.62. The van der Waals surface area contributed by atoms with E-state index in [0.717, 1.165) is 12.1 Å². The van der Waals surface area contributed by atoms with Crippen LogP contribution in [0.3, 0.4) is 0 Å². The zero-order chi connectivity index (χ0) is 21.7. The van der Waals surface area contributed by atoms with Gasteiger partial charge < -0.3 is 15.1 Å². The molecular formula is C19H15F5N4O2. The Morgan fingerprint density at radius 1 is 1.13 bits per heavy atom. The SMILES string of the molecule is Oc1cc(C(F)(F)F)ccc1-c1nnc(N2CC[C@](O)(C(F)F)C2)c2ncccc12. The number of phenolic OH excluding ortho intramolecular Hbond substituents is 1. The summed E-state index contributed by atoms with van der Waals surface area (Å²) in [4.78, 5) is 5.65. The van der Waals surface area contributed by atoms with Crippen LogP contribution in [0.25, 0.3) is 22.2 Å². The van der Waals surface area contributed by atoms with Gasteiger partial charge in [-0.25, -0.2) is 8.78 Å². The minimum absolute atomic E-state index is 0.0190. The van der Waals surface area contributed by atoms with E-state index in [0.29, 0.717) is 11.5 Å². The van der Waals surface area contributed by atoms with Crippen LogP contribution >= 0.6 is 0 Å². The van der Waals surface area contributed by atoms with Crippen LogP contribution in [0.15, 0.2) is 36.5 Å². The number of aromatic hydroxyl groups is 1. The molecule has 2 aromatic heterocycles. The number of aliphatic hydroxyl groups is 1. The number of rotatable bonds is 3. The second kappa shape index (κ2) is 7.01. The maximum atomic E-state index is 13.1. The van der Waals surface area contributed by atoms with Crippen LogP contribution in [-0.4, -0.2) is 50.5 Å². The number of hydrogen-bond donors (Lipinski definition) is 2. The molecule has 0 unspecified atom stereocenters. The number of alkyl halides is 5. The third-order valence-electron chi connectivity index (χ3n) is 5.08. The van der Waals surface area contributed by atoms with Gasteiger partial charge in [-0.3, -0.25) is 4.98 Å². The number of phenols is 1. The summed E-state index contributed by atoms with van der Waals surface area (Å²) in [6, 6.07) is 5.65. The Morgan fingerprint density at radius 2 is 1.90 bits per heavy atom. The molecule has 6 nitrogen and oxygen atoms in total. The molecule has 4 rings (SSSR count). The van der Waals surface area contributed by atoms with Gasteiger partial charge in [0.25, 0.3) is 6.43 Å². The zero-order valence-corrected chi connectivity index (χ0v) is 15.2. The zero-order valence-electron chi connectivity index (χ0n) is 15.2. The Labute approximate surface area is 166 Å². The van der Waals surface area contributed by atoms with Crippen LogP contribution in [-0.2, 0) is 6.18 Å². The van der Waals surface area contributed by atoms with E-state index in [1.54, 1.807) is 12.1 Å². The number of pyridine rings is 1. The van der Waals surface area contributed by atoms with Crippen LogP contribution in [0.1, 0.15) is 12.0 Å². The van der Waals surface area contributed by atoms with Crippen LogP contribution < -0.4 is 4.90 Å². The Bertz CT molecular complexity index is 1110. The Kier molecular flexibility index (Phi) is 4.72. The lowest BCUT2D eigenvalue weighted by Gasteiger charge is -2.23. The monoisotopic (exact) mass is 426 g/mol. The van der Waals surface area contributed by atoms with E-state index in [1.807, 2.05) is 0 Å². The minimum Gasteiger partial charge on any atom is -0.507 e. The van der Waals surface area contributed by atoms with Crippen molar-refractivity contribution >= 4 is 16.7 Å². The van der Waals surface area contributed by atoms with Crippen molar-refractivity contribution in [2.45, 2.75) is 24.6 Å². The third kappa shape index (κ3) is 3.38. The van der Waals surface area contributed by atoms with Crippen LogP contribution in [0.5, 0.6) is 5.75 Å². The van der Waals surface area contributed by atoms with Crippen molar-refractivity contribution in [2.24, 2.45) is 0 Å². The average molecular weight is 426 g/mol. The number of β-amino-alcohol motifs (C(OH)–C–C–N with tert-alkyl or cyclic N) is 1. The van der Waals surface area contributed by atoms with E-state index in [9.17, 15) is 32.2 Å². The second-order valence-corrected chi connectivity index (χ2v) is 7.08. The summed E-state index contributed by atoms with van der Waals surface area (Å²) < 4.78 is 64.9. The maximum Gasteiger partial charge on any atom is 0.416 e. The summed E-state index contributed by atoms with van der Waals surface area (Å²) in [5.74, 6) is -0.470. The van der Waals surface area contributed by atoms with Crippen molar-refractivity contribution in [3.63, 3.8) is 0 Å². The average Bonchev–Trinajstić information content (AvgIpc) is 3.10. The molecule has 1 aliphatic heterocycles. The molecule has 3 heterocycles. The molecule has 1 atom stereocenters. The first-order valence-electron chi connectivity index (χ1n) is 8.87. The van der Waals surface area contributed by atoms with Crippen molar-refractivity contribution < 1.29 is 32.2 Å². The highest BCUT2D eigenvalue weighted by atomic mass is 19.4. The summed E-state index contributed by atoms with van der Waals surface area (Å²) in [5, 5.41) is 28.6. The molecule has 1 aromatic carbocycles. The molecule has 0 bridgehead atoms. The standard InChI is InChI=1S/C19H15F5N4O2/c20-17(21)18(30)5-7-28(9-18)16-15-12(2-1-6-25-15)14(26-27-16)11-4-3-10(8-13(11)29)19(22,23)24/h1-4,6,8,17,29-30H,5,7,9H2/t18-/m1/s1. The van der Waals surface area contributed by atoms with E-state index >= 15 is 0 Å². The largest absolute Gasteiger partial charge is 0.507 e. The van der Waals surface area contributed by atoms with Crippen LogP contribution in [0.4, 0.5) is 27.8 Å². The van der Waals surface area contributed by atoms with E-state index in [2.05, 4.69) is 15.2 Å². The van der Waals surface area contributed by atoms with Crippen molar-refractivity contribution in [3.8, 4) is 17.0 Å². The molecule has 0 saturated carbocycles. The fourth-order valence-corrected chi connectivity index (χ4v) is 3.47. The normalized spacial score (nSPS) is 19.8. The molecule has 1 aliphatic rings. The molecule has 1 saturated heterocycles. The maximum absolute atomic E-state index is 13.1. The lowest BCUT2D eigenvalue weighted by molar-refractivity contribution is -0.137. The van der Waals surface area contributed by atoms with Crippen LogP contribution in [0.2, 0.25) is 0 Å². The molecule has 0 amide bonds. The Hall–Kier alpha value is -3.08. The third-order valence-corrected chi connectivity index (χ3v) is 5.08. The predicted octanol–water partition coefficient (Wildman–Crippen LogP) is 3.62. The molecule has 3 aromatic rings. The van der Waals surface area contributed by atoms with E-state index in [4.69, 9.17) is 0 Å². The molecular weight excluding hydrogens is 411 g/mol. The fourth-order valence-electron chi connectivity index (χ4n) is 3.47. The fraction of sp³-hybridized carbons (Fsp3) is 0.316. The number of benzene rings is 1. The summed E-state index contributed by atoms with van der Waals surface area (Å²) in [6.07, 6.45) is -6.27. The van der Waals surface area contributed by atoms with Gasteiger partial charge in [-0.1, -0.05) is 0 Å². The molecule has 30 heavy (non-hydrogen) atoms. The number of hydrogen-bond acceptors (Lipinski definition) is 6. The van der Waals surface area contributed by atoms with Gasteiger partial charge in [0.1, 0.15) is 22.6 Å². The van der Waals surface area contributed by atoms with Crippen molar-refractivity contribution in [1.82, 2.24) is 15.2 Å². The first kappa shape index (κ1) is 20.2. The van der Waals surface area contributed by atoms with E-state index in [1.165, 1.54) is 11.1 Å². The molecule has 11 heteroatoms. The van der Waals surface area contributed by atoms with Gasteiger partial charge in [0.15, 0.2) is 5.82 Å².